The number of hydrogen-bond acceptors (Lipinski definition) is 6. The maximum Gasteiger partial charge on any atom is 0.300 e. The molecular weight excluding hydrogens is 482 g/mol. The lowest BCUT2D eigenvalue weighted by molar-refractivity contribution is -0.132. The zero-order valence-corrected chi connectivity index (χ0v) is 22.1. The summed E-state index contributed by atoms with van der Waals surface area (Å²) in [5, 5.41) is 11.4. The first-order chi connectivity index (χ1) is 18.0. The van der Waals surface area contributed by atoms with Crippen molar-refractivity contribution in [3.05, 3.63) is 89.0 Å². The average Bonchev–Trinajstić information content (AvgIpc) is 3.45. The van der Waals surface area contributed by atoms with E-state index in [-0.39, 0.29) is 29.6 Å². The normalized spacial score (nSPS) is 18.4. The van der Waals surface area contributed by atoms with Crippen LogP contribution in [0.1, 0.15) is 57.4 Å². The molecule has 5 rings (SSSR count). The van der Waals surface area contributed by atoms with Crippen molar-refractivity contribution >= 4 is 23.1 Å². The fraction of sp³-hybridized carbons (Fsp3) is 0.290. The van der Waals surface area contributed by atoms with Gasteiger partial charge in [-0.1, -0.05) is 45.0 Å². The van der Waals surface area contributed by atoms with Gasteiger partial charge in [-0.25, -0.2) is 0 Å². The molecule has 1 saturated heterocycles. The van der Waals surface area contributed by atoms with Crippen molar-refractivity contribution in [1.29, 1.82) is 0 Å². The molecule has 0 radical (unpaired) electrons. The number of fused-ring (bicyclic) bond motifs is 1. The number of ketones is 1. The minimum absolute atomic E-state index is 0.00109. The summed E-state index contributed by atoms with van der Waals surface area (Å²) in [5.41, 5.74) is 2.63. The lowest BCUT2D eigenvalue weighted by Gasteiger charge is -2.27. The van der Waals surface area contributed by atoms with Crippen molar-refractivity contribution in [2.24, 2.45) is 0 Å². The summed E-state index contributed by atoms with van der Waals surface area (Å²) in [6.45, 7) is 10.3. The number of carbonyl (C=O) groups excluding carboxylic acids is 2. The molecule has 196 valence electrons. The number of Topliss-reactive ketones (excluding diaryl/α,β-unsaturated/α-hetero) is 1. The maximum atomic E-state index is 13.5. The lowest BCUT2D eigenvalue weighted by atomic mass is 9.87. The molecule has 1 N–H and O–H groups in total. The largest absolute Gasteiger partial charge is 0.507 e. The van der Waals surface area contributed by atoms with Crippen LogP contribution in [0.4, 0.5) is 5.69 Å². The second-order valence-electron chi connectivity index (χ2n) is 10.8. The Kier molecular flexibility index (Phi) is 6.39. The molecule has 2 heterocycles. The first-order valence-corrected chi connectivity index (χ1v) is 12.6. The molecule has 3 aromatic carbocycles. The summed E-state index contributed by atoms with van der Waals surface area (Å²) in [5.74, 6) is -0.0455. The van der Waals surface area contributed by atoms with Gasteiger partial charge < -0.3 is 19.3 Å². The van der Waals surface area contributed by atoms with E-state index in [0.29, 0.717) is 34.1 Å². The van der Waals surface area contributed by atoms with Crippen molar-refractivity contribution in [3.8, 4) is 17.2 Å². The Balaban J connectivity index is 1.64. The number of hydrogen-bond donors (Lipinski definition) is 1. The van der Waals surface area contributed by atoms with Gasteiger partial charge in [-0.2, -0.15) is 0 Å². The van der Waals surface area contributed by atoms with Crippen LogP contribution in [0.25, 0.3) is 5.76 Å². The van der Waals surface area contributed by atoms with E-state index in [1.54, 1.807) is 30.3 Å². The molecule has 3 aromatic rings. The Bertz CT molecular complexity index is 1410. The molecule has 1 fully saturated rings. The van der Waals surface area contributed by atoms with Crippen LogP contribution in [-0.4, -0.2) is 29.7 Å². The Labute approximate surface area is 222 Å². The van der Waals surface area contributed by atoms with Gasteiger partial charge in [-0.3, -0.25) is 14.5 Å². The van der Waals surface area contributed by atoms with Gasteiger partial charge in [0.1, 0.15) is 11.5 Å². The van der Waals surface area contributed by atoms with E-state index in [1.165, 1.54) is 4.90 Å². The average molecular weight is 514 g/mol. The predicted octanol–water partition coefficient (Wildman–Crippen LogP) is 6.13. The van der Waals surface area contributed by atoms with Gasteiger partial charge in [0, 0.05) is 11.3 Å². The third kappa shape index (κ3) is 4.60. The zero-order valence-electron chi connectivity index (χ0n) is 22.1. The van der Waals surface area contributed by atoms with Gasteiger partial charge in [-0.05, 0) is 72.9 Å². The molecule has 1 amide bonds. The summed E-state index contributed by atoms with van der Waals surface area (Å²) in [6, 6.07) is 18.9. The molecule has 0 saturated carbocycles. The van der Waals surface area contributed by atoms with Crippen LogP contribution in [0.5, 0.6) is 17.2 Å². The Morgan fingerprint density at radius 1 is 0.947 bits per heavy atom. The monoisotopic (exact) mass is 513 g/mol. The molecule has 1 unspecified atom stereocenters. The molecule has 0 aliphatic carbocycles. The summed E-state index contributed by atoms with van der Waals surface area (Å²) >= 11 is 0. The molecule has 0 spiro atoms. The third-order valence-corrected chi connectivity index (χ3v) is 6.67. The van der Waals surface area contributed by atoms with E-state index >= 15 is 0 Å². The highest BCUT2D eigenvalue weighted by Crippen LogP contribution is 2.44. The van der Waals surface area contributed by atoms with Crippen molar-refractivity contribution in [2.45, 2.75) is 52.2 Å². The Hall–Kier alpha value is -4.26. The van der Waals surface area contributed by atoms with Crippen LogP contribution in [0.3, 0.4) is 0 Å². The van der Waals surface area contributed by atoms with Crippen molar-refractivity contribution < 1.29 is 28.9 Å². The number of rotatable bonds is 5. The lowest BCUT2D eigenvalue weighted by Crippen LogP contribution is -2.29. The first kappa shape index (κ1) is 25.4. The molecular formula is C31H31NO6. The fourth-order valence-electron chi connectivity index (χ4n) is 4.74. The number of carbonyl (C=O) groups is 2. The van der Waals surface area contributed by atoms with Gasteiger partial charge in [-0.15, -0.1) is 0 Å². The number of aliphatic hydroxyl groups is 1. The quantitative estimate of drug-likeness (QED) is 0.251. The molecule has 1 atom stereocenters. The second-order valence-corrected chi connectivity index (χ2v) is 10.8. The van der Waals surface area contributed by atoms with Crippen molar-refractivity contribution in [1.82, 2.24) is 0 Å². The van der Waals surface area contributed by atoms with Crippen LogP contribution in [0.15, 0.2) is 72.3 Å². The van der Waals surface area contributed by atoms with Gasteiger partial charge in [0.05, 0.1) is 17.7 Å². The van der Waals surface area contributed by atoms with Crippen LogP contribution < -0.4 is 19.1 Å². The van der Waals surface area contributed by atoms with E-state index in [2.05, 4.69) is 20.8 Å². The second kappa shape index (κ2) is 9.56. The predicted molar refractivity (Wildman–Crippen MR) is 145 cm³/mol. The van der Waals surface area contributed by atoms with Crippen LogP contribution >= 0.6 is 0 Å². The van der Waals surface area contributed by atoms with Crippen molar-refractivity contribution in [2.75, 3.05) is 11.7 Å². The molecule has 7 heteroatoms. The van der Waals surface area contributed by atoms with Gasteiger partial charge in [0.25, 0.3) is 11.7 Å². The molecule has 2 aliphatic heterocycles. The SMILES string of the molecule is CC(C)Oc1ccc(C2/C(=C(/O)c3ccc4c(c3)OCO4)C(=O)C(=O)N2c2ccc(C(C)(C)C)cc2)cc1. The van der Waals surface area contributed by atoms with Gasteiger partial charge >= 0.3 is 0 Å². The van der Waals surface area contributed by atoms with Crippen LogP contribution in [-0.2, 0) is 15.0 Å². The summed E-state index contributed by atoms with van der Waals surface area (Å²) in [4.78, 5) is 28.4. The minimum Gasteiger partial charge on any atom is -0.507 e. The standard InChI is InChI=1S/C31H31NO6/c1-18(2)38-23-13-6-19(7-14-23)27-26(28(33)20-8-15-24-25(16-20)37-17-36-24)29(34)30(35)32(27)22-11-9-21(10-12-22)31(3,4)5/h6-16,18,27,33H,17H2,1-5H3/b28-26-. The zero-order chi connectivity index (χ0) is 27.2. The topological polar surface area (TPSA) is 85.3 Å². The highest BCUT2D eigenvalue weighted by Gasteiger charge is 2.47. The highest BCUT2D eigenvalue weighted by molar-refractivity contribution is 6.51. The number of anilines is 1. The molecule has 7 nitrogen and oxygen atoms in total. The summed E-state index contributed by atoms with van der Waals surface area (Å²) in [7, 11) is 0. The highest BCUT2D eigenvalue weighted by atomic mass is 16.7. The molecule has 0 aromatic heterocycles. The third-order valence-electron chi connectivity index (χ3n) is 6.67. The van der Waals surface area contributed by atoms with E-state index in [1.807, 2.05) is 50.2 Å². The van der Waals surface area contributed by atoms with Gasteiger partial charge in [0.2, 0.25) is 6.79 Å². The van der Waals surface area contributed by atoms with Crippen molar-refractivity contribution in [3.63, 3.8) is 0 Å². The van der Waals surface area contributed by atoms with E-state index < -0.39 is 17.7 Å². The van der Waals surface area contributed by atoms with E-state index in [0.717, 1.165) is 5.56 Å². The van der Waals surface area contributed by atoms with E-state index in [9.17, 15) is 14.7 Å². The summed E-state index contributed by atoms with van der Waals surface area (Å²) < 4.78 is 16.6. The van der Waals surface area contributed by atoms with Crippen LogP contribution in [0, 0.1) is 0 Å². The fourth-order valence-corrected chi connectivity index (χ4v) is 4.74. The van der Waals surface area contributed by atoms with Gasteiger partial charge in [0.15, 0.2) is 11.5 Å². The minimum atomic E-state index is -0.839. The Morgan fingerprint density at radius 2 is 1.61 bits per heavy atom. The molecule has 2 aliphatic rings. The first-order valence-electron chi connectivity index (χ1n) is 12.6. The number of amides is 1. The smallest absolute Gasteiger partial charge is 0.300 e. The number of aliphatic hydroxyl groups excluding tert-OH is 1. The Morgan fingerprint density at radius 3 is 2.24 bits per heavy atom. The van der Waals surface area contributed by atoms with Crippen LogP contribution in [0.2, 0.25) is 0 Å². The number of ether oxygens (including phenoxy) is 3. The maximum absolute atomic E-state index is 13.5. The molecule has 38 heavy (non-hydrogen) atoms. The number of nitrogens with zero attached hydrogens (tertiary/aromatic N) is 1. The molecule has 0 bridgehead atoms. The van der Waals surface area contributed by atoms with E-state index in [4.69, 9.17) is 14.2 Å². The summed E-state index contributed by atoms with van der Waals surface area (Å²) in [6.07, 6.45) is -0.00109. The number of benzene rings is 3.